The highest BCUT2D eigenvalue weighted by molar-refractivity contribution is 5.97. The van der Waals surface area contributed by atoms with E-state index in [2.05, 4.69) is 15.0 Å². The lowest BCUT2D eigenvalue weighted by atomic mass is 10.1. The molecule has 3 rings (SSSR count). The van der Waals surface area contributed by atoms with Gasteiger partial charge in [-0.1, -0.05) is 0 Å². The molecule has 0 aliphatic carbocycles. The highest BCUT2D eigenvalue weighted by Crippen LogP contribution is 2.30. The molecule has 0 fully saturated rings. The summed E-state index contributed by atoms with van der Waals surface area (Å²) < 4.78 is 0. The summed E-state index contributed by atoms with van der Waals surface area (Å²) in [6.45, 7) is 2.53. The van der Waals surface area contributed by atoms with Gasteiger partial charge in [-0.3, -0.25) is 9.78 Å². The fraction of sp³-hybridized carbons (Fsp3) is 0.333. The predicted molar refractivity (Wildman–Crippen MR) is 78.9 cm³/mol. The van der Waals surface area contributed by atoms with Crippen molar-refractivity contribution < 1.29 is 4.79 Å². The van der Waals surface area contributed by atoms with E-state index in [1.807, 2.05) is 43.0 Å². The van der Waals surface area contributed by atoms with Gasteiger partial charge in [0.15, 0.2) is 0 Å². The summed E-state index contributed by atoms with van der Waals surface area (Å²) in [5, 5.41) is 0. The topological polar surface area (TPSA) is 62.2 Å². The fourth-order valence-corrected chi connectivity index (χ4v) is 2.44. The van der Waals surface area contributed by atoms with Crippen LogP contribution in [0.5, 0.6) is 0 Å². The minimum Gasteiger partial charge on any atom is -0.347 e. The van der Waals surface area contributed by atoms with E-state index in [0.717, 1.165) is 11.3 Å². The maximum atomic E-state index is 12.5. The number of carbonyl (C=O) groups excluding carboxylic acids is 1. The zero-order valence-corrected chi connectivity index (χ0v) is 12.3. The van der Waals surface area contributed by atoms with Crippen molar-refractivity contribution >= 4 is 11.9 Å². The predicted octanol–water partition coefficient (Wildman–Crippen LogP) is 1.65. The minimum atomic E-state index is -0.0162. The normalized spacial score (nSPS) is 15.0. The molecule has 0 saturated heterocycles. The molecule has 0 aromatic carbocycles. The number of amides is 1. The van der Waals surface area contributed by atoms with Crippen molar-refractivity contribution in [2.75, 3.05) is 19.0 Å². The van der Waals surface area contributed by atoms with Crippen molar-refractivity contribution in [1.82, 2.24) is 19.9 Å². The lowest BCUT2D eigenvalue weighted by Gasteiger charge is -2.24. The van der Waals surface area contributed by atoms with Gasteiger partial charge < -0.3 is 9.80 Å². The van der Waals surface area contributed by atoms with Crippen molar-refractivity contribution in [3.05, 3.63) is 47.5 Å². The van der Waals surface area contributed by atoms with Gasteiger partial charge in [-0.15, -0.1) is 0 Å². The van der Waals surface area contributed by atoms with Gasteiger partial charge in [0, 0.05) is 32.7 Å². The van der Waals surface area contributed by atoms with Crippen LogP contribution < -0.4 is 4.90 Å². The molecule has 0 N–H and O–H groups in total. The molecule has 2 aromatic heterocycles. The van der Waals surface area contributed by atoms with E-state index in [4.69, 9.17) is 0 Å². The molecule has 0 bridgehead atoms. The second-order valence-electron chi connectivity index (χ2n) is 5.31. The Labute approximate surface area is 123 Å². The average molecular weight is 283 g/mol. The molecule has 108 valence electrons. The van der Waals surface area contributed by atoms with Gasteiger partial charge in [-0.05, 0) is 24.6 Å². The zero-order chi connectivity index (χ0) is 15.0. The molecule has 0 unspecified atom stereocenters. The van der Waals surface area contributed by atoms with Gasteiger partial charge in [0.1, 0.15) is 0 Å². The summed E-state index contributed by atoms with van der Waals surface area (Å²) in [5.74, 6) is 0.611. The average Bonchev–Trinajstić information content (AvgIpc) is 2.84. The fourth-order valence-electron chi connectivity index (χ4n) is 2.44. The Kier molecular flexibility index (Phi) is 3.29. The van der Waals surface area contributed by atoms with Gasteiger partial charge in [0.05, 0.1) is 23.8 Å². The molecule has 1 aliphatic rings. The first-order valence-corrected chi connectivity index (χ1v) is 6.82. The van der Waals surface area contributed by atoms with Crippen LogP contribution in [0.2, 0.25) is 0 Å². The molecule has 0 saturated carbocycles. The van der Waals surface area contributed by atoms with E-state index in [0.29, 0.717) is 18.1 Å². The van der Waals surface area contributed by atoms with Crippen LogP contribution in [0.3, 0.4) is 0 Å². The van der Waals surface area contributed by atoms with Crippen molar-refractivity contribution in [2.24, 2.45) is 0 Å². The summed E-state index contributed by atoms with van der Waals surface area (Å²) >= 11 is 0. The number of aromatic nitrogens is 3. The molecule has 0 radical (unpaired) electrons. The molecule has 1 aliphatic heterocycles. The standard InChI is InChI=1S/C15H17N5O/c1-10(11-4-6-16-7-5-11)20-9-13-12(14(20)21)8-17-15(18-13)19(2)3/h4-8,10H,9H2,1-3H3/t10-/m1/s1. The van der Waals surface area contributed by atoms with Crippen LogP contribution in [-0.2, 0) is 6.54 Å². The number of nitrogens with zero attached hydrogens (tertiary/aromatic N) is 5. The molecule has 0 spiro atoms. The van der Waals surface area contributed by atoms with Crippen molar-refractivity contribution in [2.45, 2.75) is 19.5 Å². The third kappa shape index (κ3) is 2.33. The van der Waals surface area contributed by atoms with Crippen LogP contribution in [0.25, 0.3) is 0 Å². The number of rotatable bonds is 3. The van der Waals surface area contributed by atoms with Crippen LogP contribution in [0, 0.1) is 0 Å². The van der Waals surface area contributed by atoms with Crippen molar-refractivity contribution in [3.63, 3.8) is 0 Å². The number of hydrogen-bond acceptors (Lipinski definition) is 5. The summed E-state index contributed by atoms with van der Waals surface area (Å²) in [6, 6.07) is 3.84. The third-order valence-electron chi connectivity index (χ3n) is 3.72. The SMILES string of the molecule is C[C@H](c1ccncc1)N1Cc2nc(N(C)C)ncc2C1=O. The van der Waals surface area contributed by atoms with Gasteiger partial charge >= 0.3 is 0 Å². The molecular formula is C15H17N5O. The number of carbonyl (C=O) groups is 1. The molecule has 1 atom stereocenters. The molecule has 21 heavy (non-hydrogen) atoms. The molecule has 6 heteroatoms. The van der Waals surface area contributed by atoms with Crippen molar-refractivity contribution in [3.8, 4) is 0 Å². The van der Waals surface area contributed by atoms with E-state index in [-0.39, 0.29) is 11.9 Å². The summed E-state index contributed by atoms with van der Waals surface area (Å²) in [7, 11) is 3.77. The Morgan fingerprint density at radius 1 is 1.29 bits per heavy atom. The Balaban J connectivity index is 1.90. The molecule has 6 nitrogen and oxygen atoms in total. The van der Waals surface area contributed by atoms with Gasteiger partial charge in [0.25, 0.3) is 5.91 Å². The lowest BCUT2D eigenvalue weighted by molar-refractivity contribution is 0.0715. The van der Waals surface area contributed by atoms with Crippen LogP contribution in [0.1, 0.15) is 34.6 Å². The van der Waals surface area contributed by atoms with Crippen LogP contribution in [0.4, 0.5) is 5.95 Å². The number of anilines is 1. The monoisotopic (exact) mass is 283 g/mol. The van der Waals surface area contributed by atoms with E-state index in [1.54, 1.807) is 18.6 Å². The van der Waals surface area contributed by atoms with Gasteiger partial charge in [-0.25, -0.2) is 9.97 Å². The smallest absolute Gasteiger partial charge is 0.258 e. The molecule has 2 aromatic rings. The number of hydrogen-bond donors (Lipinski definition) is 0. The van der Waals surface area contributed by atoms with Crippen LogP contribution >= 0.6 is 0 Å². The largest absolute Gasteiger partial charge is 0.347 e. The van der Waals surface area contributed by atoms with E-state index >= 15 is 0 Å². The highest BCUT2D eigenvalue weighted by atomic mass is 16.2. The molecular weight excluding hydrogens is 266 g/mol. The number of fused-ring (bicyclic) bond motifs is 1. The number of pyridine rings is 1. The molecule has 3 heterocycles. The van der Waals surface area contributed by atoms with Gasteiger partial charge in [0.2, 0.25) is 5.95 Å². The maximum absolute atomic E-state index is 12.5. The van der Waals surface area contributed by atoms with E-state index in [9.17, 15) is 4.79 Å². The Hall–Kier alpha value is -2.50. The first kappa shape index (κ1) is 13.5. The van der Waals surface area contributed by atoms with E-state index < -0.39 is 0 Å². The first-order chi connectivity index (χ1) is 10.1. The van der Waals surface area contributed by atoms with E-state index in [1.165, 1.54) is 0 Å². The van der Waals surface area contributed by atoms with Gasteiger partial charge in [-0.2, -0.15) is 0 Å². The first-order valence-electron chi connectivity index (χ1n) is 6.82. The maximum Gasteiger partial charge on any atom is 0.258 e. The quantitative estimate of drug-likeness (QED) is 0.857. The summed E-state index contributed by atoms with van der Waals surface area (Å²) in [6.07, 6.45) is 5.10. The van der Waals surface area contributed by atoms with Crippen molar-refractivity contribution in [1.29, 1.82) is 0 Å². The highest BCUT2D eigenvalue weighted by Gasteiger charge is 2.33. The minimum absolute atomic E-state index is 0.0142. The lowest BCUT2D eigenvalue weighted by Crippen LogP contribution is -2.27. The summed E-state index contributed by atoms with van der Waals surface area (Å²) in [5.41, 5.74) is 2.45. The second kappa shape index (κ2) is 5.12. The zero-order valence-electron chi connectivity index (χ0n) is 12.3. The Morgan fingerprint density at radius 2 is 2.00 bits per heavy atom. The third-order valence-corrected chi connectivity index (χ3v) is 3.72. The summed E-state index contributed by atoms with van der Waals surface area (Å²) in [4.78, 5) is 28.9. The second-order valence-corrected chi connectivity index (χ2v) is 5.31. The van der Waals surface area contributed by atoms with Crippen LogP contribution in [0.15, 0.2) is 30.7 Å². The van der Waals surface area contributed by atoms with Crippen LogP contribution in [-0.4, -0.2) is 39.9 Å². The molecule has 1 amide bonds. The Bertz CT molecular complexity index is 671. The Morgan fingerprint density at radius 3 is 2.67 bits per heavy atom.